The molecule has 1 aliphatic rings. The van der Waals surface area contributed by atoms with Gasteiger partial charge in [-0.05, 0) is 44.9 Å². The van der Waals surface area contributed by atoms with Crippen LogP contribution in [0.15, 0.2) is 67.0 Å². The van der Waals surface area contributed by atoms with Crippen molar-refractivity contribution in [2.45, 2.75) is 38.6 Å². The van der Waals surface area contributed by atoms with Crippen LogP contribution in [0.1, 0.15) is 54.8 Å². The van der Waals surface area contributed by atoms with Gasteiger partial charge in [0.2, 0.25) is 0 Å². The van der Waals surface area contributed by atoms with Gasteiger partial charge in [0.25, 0.3) is 5.91 Å². The van der Waals surface area contributed by atoms with Crippen LogP contribution in [0.3, 0.4) is 0 Å². The maximum atomic E-state index is 14.0. The summed E-state index contributed by atoms with van der Waals surface area (Å²) < 4.78 is 3.92. The van der Waals surface area contributed by atoms with Crippen molar-refractivity contribution in [1.29, 1.82) is 0 Å². The van der Waals surface area contributed by atoms with E-state index in [4.69, 9.17) is 4.98 Å². The zero-order chi connectivity index (χ0) is 23.9. The van der Waals surface area contributed by atoms with Crippen molar-refractivity contribution >= 4 is 22.6 Å². The van der Waals surface area contributed by atoms with Crippen molar-refractivity contribution in [2.75, 3.05) is 13.1 Å². The normalized spacial score (nSPS) is 16.4. The van der Waals surface area contributed by atoms with Gasteiger partial charge in [-0.3, -0.25) is 9.20 Å². The first-order valence-electron chi connectivity index (χ1n) is 12.1. The number of hydrogen-bond donors (Lipinski definition) is 0. The van der Waals surface area contributed by atoms with Crippen molar-refractivity contribution in [3.8, 4) is 11.3 Å². The molecule has 8 heteroatoms. The van der Waals surface area contributed by atoms with Crippen LogP contribution >= 0.6 is 0 Å². The van der Waals surface area contributed by atoms with Gasteiger partial charge in [-0.15, -0.1) is 10.2 Å². The summed E-state index contributed by atoms with van der Waals surface area (Å²) in [6.07, 6.45) is 5.66. The molecule has 8 nitrogen and oxygen atoms in total. The zero-order valence-corrected chi connectivity index (χ0v) is 19.9. The molecular formula is C27H27N7O. The Morgan fingerprint density at radius 3 is 2.71 bits per heavy atom. The van der Waals surface area contributed by atoms with Crippen molar-refractivity contribution < 1.29 is 4.79 Å². The molecule has 1 unspecified atom stereocenters. The SMILES string of the molecule is CC(C)n1ncc2c(C(=O)N3CCCC(c4nnc5ccccn45)C3)cc(-c3ccccc3)nc21. The summed E-state index contributed by atoms with van der Waals surface area (Å²) >= 11 is 0. The molecule has 0 bridgehead atoms. The fourth-order valence-corrected chi connectivity index (χ4v) is 5.01. The summed E-state index contributed by atoms with van der Waals surface area (Å²) in [5.74, 6) is 1.06. The van der Waals surface area contributed by atoms with Crippen molar-refractivity contribution in [1.82, 2.24) is 34.3 Å². The summed E-state index contributed by atoms with van der Waals surface area (Å²) in [5.41, 5.74) is 3.97. The first-order valence-corrected chi connectivity index (χ1v) is 12.1. The van der Waals surface area contributed by atoms with E-state index in [-0.39, 0.29) is 17.9 Å². The van der Waals surface area contributed by atoms with Gasteiger partial charge < -0.3 is 4.90 Å². The van der Waals surface area contributed by atoms with Gasteiger partial charge in [0, 0.05) is 36.8 Å². The summed E-state index contributed by atoms with van der Waals surface area (Å²) in [6, 6.07) is 17.9. The molecule has 1 fully saturated rings. The molecule has 1 amide bonds. The lowest BCUT2D eigenvalue weighted by atomic mass is 9.96. The highest BCUT2D eigenvalue weighted by Crippen LogP contribution is 2.31. The Balaban J connectivity index is 1.39. The molecule has 6 rings (SSSR count). The molecule has 0 aliphatic carbocycles. The Bertz CT molecular complexity index is 1520. The van der Waals surface area contributed by atoms with E-state index in [9.17, 15) is 4.79 Å². The molecule has 176 valence electrons. The first kappa shape index (κ1) is 21.5. The predicted octanol–water partition coefficient (Wildman–Crippen LogP) is 4.74. The Morgan fingerprint density at radius 1 is 1.06 bits per heavy atom. The molecule has 0 radical (unpaired) electrons. The second kappa shape index (κ2) is 8.61. The molecular weight excluding hydrogens is 438 g/mol. The summed E-state index contributed by atoms with van der Waals surface area (Å²) in [4.78, 5) is 20.8. The summed E-state index contributed by atoms with van der Waals surface area (Å²) in [5, 5.41) is 14.1. The molecule has 1 aromatic carbocycles. The molecule has 1 atom stereocenters. The average Bonchev–Trinajstić information content (AvgIpc) is 3.53. The van der Waals surface area contributed by atoms with Gasteiger partial charge in [-0.25, -0.2) is 9.67 Å². The van der Waals surface area contributed by atoms with E-state index >= 15 is 0 Å². The van der Waals surface area contributed by atoms with Gasteiger partial charge >= 0.3 is 0 Å². The topological polar surface area (TPSA) is 81.2 Å². The molecule has 0 spiro atoms. The van der Waals surface area contributed by atoms with Crippen molar-refractivity contribution in [3.63, 3.8) is 0 Å². The fourth-order valence-electron chi connectivity index (χ4n) is 5.01. The summed E-state index contributed by atoms with van der Waals surface area (Å²) in [7, 11) is 0. The fraction of sp³-hybridized carbons (Fsp3) is 0.296. The Labute approximate surface area is 203 Å². The van der Waals surface area contributed by atoms with E-state index in [0.29, 0.717) is 12.1 Å². The minimum atomic E-state index is 0.0106. The highest BCUT2D eigenvalue weighted by Gasteiger charge is 2.30. The number of fused-ring (bicyclic) bond motifs is 2. The van der Waals surface area contributed by atoms with E-state index in [1.165, 1.54) is 0 Å². The second-order valence-electron chi connectivity index (χ2n) is 9.42. The number of carbonyl (C=O) groups excluding carboxylic acids is 1. The monoisotopic (exact) mass is 465 g/mol. The molecule has 0 saturated carbocycles. The third-order valence-electron chi connectivity index (χ3n) is 6.77. The average molecular weight is 466 g/mol. The molecule has 4 aromatic heterocycles. The van der Waals surface area contributed by atoms with Gasteiger partial charge in [0.05, 0.1) is 22.8 Å². The molecule has 35 heavy (non-hydrogen) atoms. The molecule has 1 saturated heterocycles. The number of carbonyl (C=O) groups is 1. The number of likely N-dealkylation sites (tertiary alicyclic amines) is 1. The van der Waals surface area contributed by atoms with Crippen LogP contribution in [0.2, 0.25) is 0 Å². The number of amides is 1. The number of piperidine rings is 1. The Morgan fingerprint density at radius 2 is 1.89 bits per heavy atom. The van der Waals surface area contributed by atoms with Crippen LogP contribution in [0.5, 0.6) is 0 Å². The van der Waals surface area contributed by atoms with Crippen molar-refractivity contribution in [3.05, 3.63) is 78.4 Å². The molecule has 5 heterocycles. The smallest absolute Gasteiger partial charge is 0.254 e. The van der Waals surface area contributed by atoms with Crippen LogP contribution in [-0.4, -0.2) is 53.3 Å². The largest absolute Gasteiger partial charge is 0.338 e. The van der Waals surface area contributed by atoms with Crippen molar-refractivity contribution in [2.24, 2.45) is 0 Å². The van der Waals surface area contributed by atoms with E-state index in [2.05, 4.69) is 29.1 Å². The molecule has 0 N–H and O–H groups in total. The van der Waals surface area contributed by atoms with Gasteiger partial charge in [-0.2, -0.15) is 5.10 Å². The maximum Gasteiger partial charge on any atom is 0.254 e. The van der Waals surface area contributed by atoms with Gasteiger partial charge in [0.1, 0.15) is 5.82 Å². The minimum Gasteiger partial charge on any atom is -0.338 e. The lowest BCUT2D eigenvalue weighted by molar-refractivity contribution is 0.0706. The lowest BCUT2D eigenvalue weighted by Gasteiger charge is -2.32. The quantitative estimate of drug-likeness (QED) is 0.383. The lowest BCUT2D eigenvalue weighted by Crippen LogP contribution is -2.39. The van der Waals surface area contributed by atoms with E-state index < -0.39 is 0 Å². The number of pyridine rings is 2. The van der Waals surface area contributed by atoms with Crippen LogP contribution in [0.4, 0.5) is 0 Å². The van der Waals surface area contributed by atoms with E-state index in [1.807, 2.05) is 74.8 Å². The molecule has 5 aromatic rings. The van der Waals surface area contributed by atoms with Crippen LogP contribution in [-0.2, 0) is 0 Å². The van der Waals surface area contributed by atoms with E-state index in [0.717, 1.165) is 53.1 Å². The predicted molar refractivity (Wildman–Crippen MR) is 134 cm³/mol. The third-order valence-corrected chi connectivity index (χ3v) is 6.77. The number of aromatic nitrogens is 6. The highest BCUT2D eigenvalue weighted by molar-refractivity contribution is 6.06. The van der Waals surface area contributed by atoms with Crippen LogP contribution in [0.25, 0.3) is 27.9 Å². The third kappa shape index (κ3) is 3.75. The second-order valence-corrected chi connectivity index (χ2v) is 9.42. The first-order chi connectivity index (χ1) is 17.1. The van der Waals surface area contributed by atoms with Gasteiger partial charge in [0.15, 0.2) is 11.3 Å². The highest BCUT2D eigenvalue weighted by atomic mass is 16.2. The number of hydrogen-bond acceptors (Lipinski definition) is 5. The Hall–Kier alpha value is -4.07. The minimum absolute atomic E-state index is 0.0106. The van der Waals surface area contributed by atoms with Gasteiger partial charge in [-0.1, -0.05) is 36.4 Å². The number of rotatable bonds is 4. The standard InChI is InChI=1S/C27H27N7O/c1-18(2)34-26-22(16-28-34)21(15-23(29-26)19-9-4-3-5-10-19)27(35)32-13-8-11-20(17-32)25-31-30-24-12-6-7-14-33(24)25/h3-7,9-10,12,14-16,18,20H,8,11,13,17H2,1-2H3. The molecule has 1 aliphatic heterocycles. The zero-order valence-electron chi connectivity index (χ0n) is 19.9. The van der Waals surface area contributed by atoms with E-state index in [1.54, 1.807) is 6.20 Å². The number of nitrogens with zero attached hydrogens (tertiary/aromatic N) is 7. The number of benzene rings is 1. The van der Waals surface area contributed by atoms with Crippen LogP contribution < -0.4 is 0 Å². The van der Waals surface area contributed by atoms with Crippen LogP contribution in [0, 0.1) is 0 Å². The summed E-state index contributed by atoms with van der Waals surface area (Å²) in [6.45, 7) is 5.47. The maximum absolute atomic E-state index is 14.0. The Kier molecular flexibility index (Phi) is 5.28.